The average molecular weight is 393 g/mol. The number of fused-ring (bicyclic) bond motifs is 1. The van der Waals surface area contributed by atoms with Crippen molar-refractivity contribution in [3.63, 3.8) is 0 Å². The molecular formula is C27H23NO2. The highest BCUT2D eigenvalue weighted by molar-refractivity contribution is 5.98. The van der Waals surface area contributed by atoms with Crippen molar-refractivity contribution < 1.29 is 9.53 Å². The number of ether oxygens (including phenoxy) is 1. The fraction of sp³-hybridized carbons (Fsp3) is 0.185. The maximum absolute atomic E-state index is 12.5. The third-order valence-electron chi connectivity index (χ3n) is 5.90. The van der Waals surface area contributed by atoms with E-state index in [1.54, 1.807) is 0 Å². The molecule has 1 aliphatic rings. The second kappa shape index (κ2) is 7.75. The molecule has 4 aromatic rings. The summed E-state index contributed by atoms with van der Waals surface area (Å²) in [5.74, 6) is 0.228. The molecule has 1 saturated carbocycles. The van der Waals surface area contributed by atoms with E-state index in [-0.39, 0.29) is 5.97 Å². The quantitative estimate of drug-likeness (QED) is 0.381. The van der Waals surface area contributed by atoms with Gasteiger partial charge in [-0.05, 0) is 57.9 Å². The molecule has 0 atom stereocenters. The molecular weight excluding hydrogens is 370 g/mol. The maximum Gasteiger partial charge on any atom is 0.339 e. The van der Waals surface area contributed by atoms with Gasteiger partial charge in [0, 0.05) is 12.6 Å². The summed E-state index contributed by atoms with van der Waals surface area (Å²) in [6, 6.07) is 25.2. The Kier molecular flexibility index (Phi) is 4.80. The van der Waals surface area contributed by atoms with Crippen LogP contribution < -0.4 is 0 Å². The van der Waals surface area contributed by atoms with Gasteiger partial charge in [-0.25, -0.2) is 4.79 Å². The number of benzene rings is 3. The van der Waals surface area contributed by atoms with E-state index >= 15 is 0 Å². The first kappa shape index (κ1) is 18.6. The largest absolute Gasteiger partial charge is 0.465 e. The highest BCUT2D eigenvalue weighted by atomic mass is 16.5. The average Bonchev–Trinajstić information content (AvgIpc) is 3.65. The van der Waals surface area contributed by atoms with Gasteiger partial charge in [0.15, 0.2) is 0 Å². The fourth-order valence-electron chi connectivity index (χ4n) is 4.16. The molecule has 148 valence electrons. The van der Waals surface area contributed by atoms with Gasteiger partial charge in [0.25, 0.3) is 0 Å². The topological polar surface area (TPSA) is 39.2 Å². The van der Waals surface area contributed by atoms with E-state index in [4.69, 9.17) is 9.72 Å². The van der Waals surface area contributed by atoms with Crippen molar-refractivity contribution in [2.45, 2.75) is 25.2 Å². The van der Waals surface area contributed by atoms with E-state index in [2.05, 4.69) is 60.7 Å². The first-order valence-corrected chi connectivity index (χ1v) is 10.4. The first-order valence-electron chi connectivity index (χ1n) is 10.4. The van der Waals surface area contributed by atoms with Crippen LogP contribution in [0.3, 0.4) is 0 Å². The Bertz CT molecular complexity index is 1230. The van der Waals surface area contributed by atoms with Gasteiger partial charge in [-0.3, -0.25) is 4.98 Å². The summed E-state index contributed by atoms with van der Waals surface area (Å²) in [5.41, 5.74) is 6.05. The molecule has 0 amide bonds. The van der Waals surface area contributed by atoms with E-state index in [0.29, 0.717) is 17.9 Å². The second-order valence-corrected chi connectivity index (χ2v) is 7.89. The number of pyridine rings is 1. The van der Waals surface area contributed by atoms with Crippen LogP contribution >= 0.6 is 0 Å². The molecule has 0 unspecified atom stereocenters. The van der Waals surface area contributed by atoms with Crippen molar-refractivity contribution in [3.8, 4) is 11.1 Å². The van der Waals surface area contributed by atoms with Crippen LogP contribution in [0.1, 0.15) is 45.9 Å². The molecule has 3 nitrogen and oxygen atoms in total. The van der Waals surface area contributed by atoms with Crippen LogP contribution in [-0.4, -0.2) is 18.1 Å². The van der Waals surface area contributed by atoms with Crippen molar-refractivity contribution in [1.82, 2.24) is 4.98 Å². The van der Waals surface area contributed by atoms with Gasteiger partial charge in [-0.15, -0.1) is 0 Å². The zero-order valence-electron chi connectivity index (χ0n) is 17.0. The minimum Gasteiger partial charge on any atom is -0.465 e. The normalized spacial score (nSPS) is 13.4. The van der Waals surface area contributed by atoms with Crippen LogP contribution in [0.5, 0.6) is 0 Å². The molecule has 1 heterocycles. The lowest BCUT2D eigenvalue weighted by Gasteiger charge is -2.13. The Morgan fingerprint density at radius 2 is 1.73 bits per heavy atom. The zero-order chi connectivity index (χ0) is 20.5. The van der Waals surface area contributed by atoms with Gasteiger partial charge < -0.3 is 4.74 Å². The lowest BCUT2D eigenvalue weighted by molar-refractivity contribution is 0.0599. The third kappa shape index (κ3) is 3.48. The van der Waals surface area contributed by atoms with Gasteiger partial charge in [-0.1, -0.05) is 66.7 Å². The third-order valence-corrected chi connectivity index (χ3v) is 5.90. The number of carbonyl (C=O) groups excluding carboxylic acids is 1. The molecule has 1 fully saturated rings. The lowest BCUT2D eigenvalue weighted by Crippen LogP contribution is -2.09. The number of methoxy groups -OCH3 is 1. The summed E-state index contributed by atoms with van der Waals surface area (Å²) in [6.07, 6.45) is 4.87. The Labute approximate surface area is 176 Å². The van der Waals surface area contributed by atoms with Gasteiger partial charge >= 0.3 is 5.97 Å². The fourth-order valence-corrected chi connectivity index (χ4v) is 4.16. The van der Waals surface area contributed by atoms with Crippen molar-refractivity contribution in [3.05, 3.63) is 101 Å². The molecule has 0 N–H and O–H groups in total. The van der Waals surface area contributed by atoms with E-state index in [1.807, 2.05) is 18.3 Å². The van der Waals surface area contributed by atoms with Gasteiger partial charge in [0.1, 0.15) is 0 Å². The highest BCUT2D eigenvalue weighted by Gasteiger charge is 2.26. The molecule has 0 radical (unpaired) electrons. The lowest BCUT2D eigenvalue weighted by atomic mass is 9.93. The Balaban J connectivity index is 1.59. The van der Waals surface area contributed by atoms with Crippen LogP contribution in [0.15, 0.2) is 79.0 Å². The van der Waals surface area contributed by atoms with Crippen LogP contribution in [-0.2, 0) is 11.2 Å². The smallest absolute Gasteiger partial charge is 0.339 e. The van der Waals surface area contributed by atoms with Crippen LogP contribution in [0.4, 0.5) is 0 Å². The summed E-state index contributed by atoms with van der Waals surface area (Å²) >= 11 is 0. The van der Waals surface area contributed by atoms with E-state index in [9.17, 15) is 4.79 Å². The predicted octanol–water partition coefficient (Wildman–Crippen LogP) is 6.16. The van der Waals surface area contributed by atoms with E-state index in [0.717, 1.165) is 16.8 Å². The number of aromatic nitrogens is 1. The van der Waals surface area contributed by atoms with E-state index < -0.39 is 0 Å². The number of rotatable bonds is 5. The van der Waals surface area contributed by atoms with Gasteiger partial charge in [0.2, 0.25) is 0 Å². The summed E-state index contributed by atoms with van der Waals surface area (Å²) in [4.78, 5) is 17.2. The maximum atomic E-state index is 12.5. The number of hydrogen-bond donors (Lipinski definition) is 0. The summed E-state index contributed by atoms with van der Waals surface area (Å²) in [6.45, 7) is 0. The van der Waals surface area contributed by atoms with Crippen molar-refractivity contribution in [1.29, 1.82) is 0 Å². The van der Waals surface area contributed by atoms with Crippen LogP contribution in [0, 0.1) is 0 Å². The zero-order valence-corrected chi connectivity index (χ0v) is 17.0. The predicted molar refractivity (Wildman–Crippen MR) is 120 cm³/mol. The summed E-state index contributed by atoms with van der Waals surface area (Å²) < 4.78 is 5.06. The first-order chi connectivity index (χ1) is 14.7. The molecule has 30 heavy (non-hydrogen) atoms. The summed E-state index contributed by atoms with van der Waals surface area (Å²) in [5, 5.41) is 2.39. The molecule has 1 aliphatic carbocycles. The Morgan fingerprint density at radius 3 is 2.50 bits per heavy atom. The highest BCUT2D eigenvalue weighted by Crippen LogP contribution is 2.40. The monoisotopic (exact) mass is 393 g/mol. The summed E-state index contributed by atoms with van der Waals surface area (Å²) in [7, 11) is 1.43. The Hall–Kier alpha value is -3.46. The number of nitrogens with zero attached hydrogens (tertiary/aromatic N) is 1. The Morgan fingerprint density at radius 1 is 0.967 bits per heavy atom. The molecule has 0 saturated heterocycles. The van der Waals surface area contributed by atoms with Crippen molar-refractivity contribution in [2.24, 2.45) is 0 Å². The van der Waals surface area contributed by atoms with Crippen molar-refractivity contribution >= 4 is 16.7 Å². The molecule has 1 aromatic heterocycles. The number of esters is 1. The molecule has 3 aromatic carbocycles. The minimum atomic E-state index is -0.315. The molecule has 0 aliphatic heterocycles. The van der Waals surface area contributed by atoms with Crippen molar-refractivity contribution in [2.75, 3.05) is 7.11 Å². The van der Waals surface area contributed by atoms with Crippen LogP contribution in [0.2, 0.25) is 0 Å². The number of carbonyl (C=O) groups is 1. The number of hydrogen-bond acceptors (Lipinski definition) is 3. The SMILES string of the molecule is COC(=O)c1cc(C2CC2)cnc1Cc1cccc2c(-c3ccccc3)cccc12. The van der Waals surface area contributed by atoms with Crippen LogP contribution in [0.25, 0.3) is 21.9 Å². The molecule has 5 rings (SSSR count). The molecule has 3 heteroatoms. The molecule has 0 spiro atoms. The van der Waals surface area contributed by atoms with E-state index in [1.165, 1.54) is 41.9 Å². The molecule has 0 bridgehead atoms. The minimum absolute atomic E-state index is 0.315. The standard InChI is InChI=1S/C27H23NO2/c1-30-27(29)25-15-21(18-13-14-18)17-28-26(25)16-20-9-5-12-24-22(10-6-11-23(20)24)19-7-3-2-4-8-19/h2-12,15,17-18H,13-14,16H2,1H3. The van der Waals surface area contributed by atoms with Gasteiger partial charge in [0.05, 0.1) is 18.4 Å². The van der Waals surface area contributed by atoms with Gasteiger partial charge in [-0.2, -0.15) is 0 Å². The second-order valence-electron chi connectivity index (χ2n) is 7.89.